The average molecular weight is 502 g/mol. The fraction of sp³-hybridized carbons (Fsp3) is 0.893. The summed E-state index contributed by atoms with van der Waals surface area (Å²) in [6.07, 6.45) is 30.1. The molecule has 0 saturated carbocycles. The van der Waals surface area contributed by atoms with Gasteiger partial charge in [-0.1, -0.05) is 122 Å². The van der Waals surface area contributed by atoms with E-state index in [2.05, 4.69) is 6.92 Å². The number of nitrogens with zero attached hydrogens (tertiary/aromatic N) is 1. The van der Waals surface area contributed by atoms with Gasteiger partial charge in [0.25, 0.3) is 10.1 Å². The number of rotatable bonds is 25. The Kier molecular flexibility index (Phi) is 23.2. The molecule has 0 bridgehead atoms. The van der Waals surface area contributed by atoms with Gasteiger partial charge in [-0.3, -0.25) is 9.35 Å². The second-order valence-electron chi connectivity index (χ2n) is 9.95. The highest BCUT2D eigenvalue weighted by molar-refractivity contribution is 7.85. The summed E-state index contributed by atoms with van der Waals surface area (Å²) in [7, 11) is -2.18. The molecule has 0 radical (unpaired) electrons. The van der Waals surface area contributed by atoms with Crippen LogP contribution < -0.4 is 0 Å². The number of likely N-dealkylation sites (N-methyl/N-ethyl adjacent to an activating group) is 1. The molecule has 0 heterocycles. The molecule has 0 aliphatic heterocycles. The minimum Gasteiger partial charge on any atom is -0.342 e. The third-order valence-corrected chi connectivity index (χ3v) is 7.31. The van der Waals surface area contributed by atoms with Crippen LogP contribution in [0.5, 0.6) is 0 Å². The predicted octanol–water partition coefficient (Wildman–Crippen LogP) is 8.10. The van der Waals surface area contributed by atoms with E-state index >= 15 is 0 Å². The number of amides is 1. The Morgan fingerprint density at radius 3 is 1.50 bits per heavy atom. The van der Waals surface area contributed by atoms with Crippen molar-refractivity contribution in [1.82, 2.24) is 4.90 Å². The van der Waals surface area contributed by atoms with Gasteiger partial charge in [-0.2, -0.15) is 8.42 Å². The highest BCUT2D eigenvalue weighted by Crippen LogP contribution is 2.14. The van der Waals surface area contributed by atoms with Crippen molar-refractivity contribution in [1.29, 1.82) is 0 Å². The second-order valence-corrected chi connectivity index (χ2v) is 11.5. The molecular weight excluding hydrogens is 446 g/mol. The van der Waals surface area contributed by atoms with E-state index in [-0.39, 0.29) is 11.7 Å². The number of carbonyl (C=O) groups excluding carboxylic acids is 1. The van der Waals surface area contributed by atoms with Crippen molar-refractivity contribution in [3.63, 3.8) is 0 Å². The normalized spacial score (nSPS) is 12.0. The van der Waals surface area contributed by atoms with Crippen LogP contribution >= 0.6 is 0 Å². The van der Waals surface area contributed by atoms with E-state index in [9.17, 15) is 13.2 Å². The molecule has 0 aliphatic carbocycles. The van der Waals surface area contributed by atoms with E-state index in [1.54, 1.807) is 18.0 Å². The van der Waals surface area contributed by atoms with Gasteiger partial charge in [-0.05, 0) is 31.8 Å². The molecule has 0 atom stereocenters. The van der Waals surface area contributed by atoms with Crippen molar-refractivity contribution in [2.45, 2.75) is 142 Å². The lowest BCUT2D eigenvalue weighted by Gasteiger charge is -2.14. The Balaban J connectivity index is 3.35. The summed E-state index contributed by atoms with van der Waals surface area (Å²) in [4.78, 5) is 13.6. The number of hydrogen-bond acceptors (Lipinski definition) is 3. The molecule has 0 aromatic rings. The fourth-order valence-corrected chi connectivity index (χ4v) is 4.79. The Labute approximate surface area is 211 Å². The SMILES string of the molecule is CCCCCCCCCCCCCCCCCCCC/C=C/C(=O)N(C)CCCCS(=O)(=O)O. The molecule has 0 fully saturated rings. The standard InChI is InChI=1S/C28H55NO4S/c1-3-4-5-6-7-8-9-10-11-12-13-14-15-16-17-18-19-20-21-22-25-28(30)29(2)26-23-24-27-34(31,32)33/h22,25H,3-21,23-24,26-27H2,1-2H3,(H,31,32,33)/b25-22+. The van der Waals surface area contributed by atoms with Crippen LogP contribution in [0.4, 0.5) is 0 Å². The lowest BCUT2D eigenvalue weighted by molar-refractivity contribution is -0.124. The first-order chi connectivity index (χ1) is 16.4. The summed E-state index contributed by atoms with van der Waals surface area (Å²) in [5, 5.41) is 0. The lowest BCUT2D eigenvalue weighted by Crippen LogP contribution is -2.26. The molecular formula is C28H55NO4S. The zero-order valence-electron chi connectivity index (χ0n) is 22.4. The van der Waals surface area contributed by atoms with Gasteiger partial charge >= 0.3 is 0 Å². The van der Waals surface area contributed by atoms with E-state index in [1.807, 2.05) is 6.08 Å². The van der Waals surface area contributed by atoms with Gasteiger partial charge in [0.05, 0.1) is 5.75 Å². The summed E-state index contributed by atoms with van der Waals surface area (Å²) in [5.74, 6) is -0.293. The quantitative estimate of drug-likeness (QED) is 0.0779. The summed E-state index contributed by atoms with van der Waals surface area (Å²) in [5.41, 5.74) is 0. The molecule has 0 spiro atoms. The van der Waals surface area contributed by atoms with Crippen LogP contribution in [-0.4, -0.2) is 43.1 Å². The maximum absolute atomic E-state index is 12.0. The summed E-state index contributed by atoms with van der Waals surface area (Å²) in [6, 6.07) is 0. The molecule has 202 valence electrons. The molecule has 0 saturated heterocycles. The molecule has 5 nitrogen and oxygen atoms in total. The van der Waals surface area contributed by atoms with E-state index in [4.69, 9.17) is 4.55 Å². The van der Waals surface area contributed by atoms with Crippen molar-refractivity contribution in [2.75, 3.05) is 19.3 Å². The Bertz CT molecular complexity index is 589. The van der Waals surface area contributed by atoms with Crippen molar-refractivity contribution >= 4 is 16.0 Å². The second kappa shape index (κ2) is 23.8. The van der Waals surface area contributed by atoms with E-state index in [0.717, 1.165) is 12.8 Å². The Morgan fingerprint density at radius 1 is 0.676 bits per heavy atom. The molecule has 0 aromatic carbocycles. The zero-order valence-corrected chi connectivity index (χ0v) is 23.3. The van der Waals surface area contributed by atoms with Gasteiger partial charge in [-0.15, -0.1) is 0 Å². The monoisotopic (exact) mass is 501 g/mol. The predicted molar refractivity (Wildman–Crippen MR) is 146 cm³/mol. The van der Waals surface area contributed by atoms with Crippen LogP contribution in [0.2, 0.25) is 0 Å². The Morgan fingerprint density at radius 2 is 1.09 bits per heavy atom. The molecule has 1 N–H and O–H groups in total. The minimum atomic E-state index is -3.90. The van der Waals surface area contributed by atoms with Crippen LogP contribution in [0, 0.1) is 0 Å². The third kappa shape index (κ3) is 25.7. The van der Waals surface area contributed by atoms with Gasteiger partial charge in [0, 0.05) is 13.6 Å². The van der Waals surface area contributed by atoms with Gasteiger partial charge in [0.2, 0.25) is 5.91 Å². The van der Waals surface area contributed by atoms with Crippen molar-refractivity contribution in [3.05, 3.63) is 12.2 Å². The largest absolute Gasteiger partial charge is 0.342 e. The molecule has 34 heavy (non-hydrogen) atoms. The molecule has 0 rings (SSSR count). The first-order valence-corrected chi connectivity index (χ1v) is 15.8. The molecule has 0 aliphatic rings. The average Bonchev–Trinajstić information content (AvgIpc) is 2.79. The van der Waals surface area contributed by atoms with Crippen LogP contribution in [0.1, 0.15) is 142 Å². The molecule has 0 unspecified atom stereocenters. The van der Waals surface area contributed by atoms with Crippen LogP contribution in [0.3, 0.4) is 0 Å². The summed E-state index contributed by atoms with van der Waals surface area (Å²) >= 11 is 0. The van der Waals surface area contributed by atoms with Gasteiger partial charge in [0.15, 0.2) is 0 Å². The topological polar surface area (TPSA) is 74.7 Å². The maximum Gasteiger partial charge on any atom is 0.264 e. The van der Waals surface area contributed by atoms with Crippen LogP contribution in [0.15, 0.2) is 12.2 Å². The van der Waals surface area contributed by atoms with Gasteiger partial charge in [-0.25, -0.2) is 0 Å². The summed E-state index contributed by atoms with van der Waals surface area (Å²) < 4.78 is 30.1. The van der Waals surface area contributed by atoms with Crippen molar-refractivity contribution in [2.24, 2.45) is 0 Å². The first kappa shape index (κ1) is 33.1. The summed E-state index contributed by atoms with van der Waals surface area (Å²) in [6.45, 7) is 2.78. The number of unbranched alkanes of at least 4 members (excludes halogenated alkanes) is 19. The van der Waals surface area contributed by atoms with Crippen molar-refractivity contribution in [3.8, 4) is 0 Å². The smallest absolute Gasteiger partial charge is 0.264 e. The highest BCUT2D eigenvalue weighted by atomic mass is 32.2. The molecule has 6 heteroatoms. The van der Waals surface area contributed by atoms with E-state index < -0.39 is 10.1 Å². The fourth-order valence-electron chi connectivity index (χ4n) is 4.22. The van der Waals surface area contributed by atoms with Gasteiger partial charge < -0.3 is 4.90 Å². The van der Waals surface area contributed by atoms with Crippen LogP contribution in [0.25, 0.3) is 0 Å². The van der Waals surface area contributed by atoms with Gasteiger partial charge in [0.1, 0.15) is 0 Å². The molecule has 0 aromatic heterocycles. The first-order valence-electron chi connectivity index (χ1n) is 14.2. The molecule has 1 amide bonds. The van der Waals surface area contributed by atoms with E-state index in [0.29, 0.717) is 19.4 Å². The number of carbonyl (C=O) groups is 1. The third-order valence-electron chi connectivity index (χ3n) is 6.51. The van der Waals surface area contributed by atoms with Crippen molar-refractivity contribution < 1.29 is 17.8 Å². The number of allylic oxidation sites excluding steroid dienone is 1. The van der Waals surface area contributed by atoms with E-state index in [1.165, 1.54) is 109 Å². The zero-order chi connectivity index (χ0) is 25.3. The Hall–Kier alpha value is -0.880. The lowest BCUT2D eigenvalue weighted by atomic mass is 10.0. The number of hydrogen-bond donors (Lipinski definition) is 1. The minimum absolute atomic E-state index is 0.0470. The maximum atomic E-state index is 12.0. The highest BCUT2D eigenvalue weighted by Gasteiger charge is 2.07. The van der Waals surface area contributed by atoms with Crippen LogP contribution in [-0.2, 0) is 14.9 Å².